The van der Waals surface area contributed by atoms with E-state index in [9.17, 15) is 9.90 Å². The first kappa shape index (κ1) is 15.6. The number of fused-ring (bicyclic) bond motifs is 1. The molecule has 2 aromatic rings. The largest absolute Gasteiger partial charge is 0.395 e. The highest BCUT2D eigenvalue weighted by Gasteiger charge is 2.19. The van der Waals surface area contributed by atoms with Gasteiger partial charge in [-0.15, -0.1) is 0 Å². The first-order valence-electron chi connectivity index (χ1n) is 7.87. The minimum atomic E-state index is -0.0273. The lowest BCUT2D eigenvalue weighted by Crippen LogP contribution is -2.28. The van der Waals surface area contributed by atoms with Crippen molar-refractivity contribution < 1.29 is 9.90 Å². The summed E-state index contributed by atoms with van der Waals surface area (Å²) in [5.41, 5.74) is 1.64. The molecular formula is C17H21BrN2O2. The van der Waals surface area contributed by atoms with E-state index < -0.39 is 0 Å². The van der Waals surface area contributed by atoms with Gasteiger partial charge in [-0.05, 0) is 30.9 Å². The van der Waals surface area contributed by atoms with Gasteiger partial charge in [-0.3, -0.25) is 4.79 Å². The molecule has 1 heterocycles. The first-order chi connectivity index (χ1) is 10.7. The minimum absolute atomic E-state index is 0.0273. The highest BCUT2D eigenvalue weighted by molar-refractivity contribution is 9.10. The van der Waals surface area contributed by atoms with Crippen molar-refractivity contribution in [3.63, 3.8) is 0 Å². The monoisotopic (exact) mass is 364 g/mol. The van der Waals surface area contributed by atoms with E-state index in [1.54, 1.807) is 0 Å². The number of halogens is 1. The SMILES string of the molecule is O=C(NCC1CCCC1)c1cn(CCO)c2cccc(Br)c12. The lowest BCUT2D eigenvalue weighted by atomic mass is 10.1. The van der Waals surface area contributed by atoms with Gasteiger partial charge in [-0.25, -0.2) is 0 Å². The Hall–Kier alpha value is -1.33. The molecule has 22 heavy (non-hydrogen) atoms. The van der Waals surface area contributed by atoms with Crippen LogP contribution in [0.3, 0.4) is 0 Å². The van der Waals surface area contributed by atoms with Crippen LogP contribution in [0.4, 0.5) is 0 Å². The Labute approximate surface area is 138 Å². The van der Waals surface area contributed by atoms with Crippen LogP contribution < -0.4 is 5.32 Å². The van der Waals surface area contributed by atoms with Crippen molar-refractivity contribution in [3.8, 4) is 0 Å². The number of aromatic nitrogens is 1. The van der Waals surface area contributed by atoms with Crippen molar-refractivity contribution in [1.29, 1.82) is 0 Å². The maximum Gasteiger partial charge on any atom is 0.253 e. The second kappa shape index (κ2) is 6.84. The number of rotatable bonds is 5. The molecule has 4 nitrogen and oxygen atoms in total. The van der Waals surface area contributed by atoms with Crippen LogP contribution in [0, 0.1) is 5.92 Å². The van der Waals surface area contributed by atoms with Crippen LogP contribution in [0.2, 0.25) is 0 Å². The molecule has 0 radical (unpaired) electrons. The molecule has 1 aliphatic rings. The summed E-state index contributed by atoms with van der Waals surface area (Å²) in [6, 6.07) is 5.86. The van der Waals surface area contributed by atoms with Crippen LogP contribution in [0.5, 0.6) is 0 Å². The Balaban J connectivity index is 1.86. The molecule has 1 aromatic carbocycles. The van der Waals surface area contributed by atoms with Gasteiger partial charge in [0.15, 0.2) is 0 Å². The number of nitrogens with one attached hydrogen (secondary N) is 1. The number of amides is 1. The van der Waals surface area contributed by atoms with Gasteiger partial charge in [0.05, 0.1) is 17.7 Å². The van der Waals surface area contributed by atoms with Crippen LogP contribution in [-0.4, -0.2) is 28.7 Å². The normalized spacial score (nSPS) is 15.5. The van der Waals surface area contributed by atoms with E-state index in [0.29, 0.717) is 18.0 Å². The van der Waals surface area contributed by atoms with Gasteiger partial charge >= 0.3 is 0 Å². The molecule has 5 heteroatoms. The average Bonchev–Trinajstić information content (AvgIpc) is 3.14. The van der Waals surface area contributed by atoms with Crippen molar-refractivity contribution >= 4 is 32.7 Å². The molecule has 0 saturated heterocycles. The van der Waals surface area contributed by atoms with Crippen molar-refractivity contribution in [1.82, 2.24) is 9.88 Å². The Kier molecular flexibility index (Phi) is 4.84. The van der Waals surface area contributed by atoms with Crippen molar-refractivity contribution in [3.05, 3.63) is 34.4 Å². The molecule has 118 valence electrons. The van der Waals surface area contributed by atoms with Crippen LogP contribution in [0.1, 0.15) is 36.0 Å². The van der Waals surface area contributed by atoms with E-state index in [1.165, 1.54) is 25.7 Å². The molecular weight excluding hydrogens is 344 g/mol. The summed E-state index contributed by atoms with van der Waals surface area (Å²) in [5.74, 6) is 0.596. The number of aliphatic hydroxyl groups is 1. The van der Waals surface area contributed by atoms with Gasteiger partial charge in [0, 0.05) is 29.1 Å². The molecule has 0 bridgehead atoms. The fraction of sp³-hybridized carbons (Fsp3) is 0.471. The van der Waals surface area contributed by atoms with E-state index in [-0.39, 0.29) is 12.5 Å². The molecule has 2 N–H and O–H groups in total. The van der Waals surface area contributed by atoms with Crippen LogP contribution in [-0.2, 0) is 6.54 Å². The van der Waals surface area contributed by atoms with E-state index >= 15 is 0 Å². The second-order valence-electron chi connectivity index (χ2n) is 5.95. The van der Waals surface area contributed by atoms with Gasteiger partial charge in [-0.1, -0.05) is 34.8 Å². The fourth-order valence-electron chi connectivity index (χ4n) is 3.32. The number of aliphatic hydroxyl groups excluding tert-OH is 1. The average molecular weight is 365 g/mol. The van der Waals surface area contributed by atoms with Gasteiger partial charge in [0.25, 0.3) is 5.91 Å². The Bertz CT molecular complexity index is 675. The van der Waals surface area contributed by atoms with Crippen molar-refractivity contribution in [2.24, 2.45) is 5.92 Å². The van der Waals surface area contributed by atoms with Crippen molar-refractivity contribution in [2.45, 2.75) is 32.2 Å². The lowest BCUT2D eigenvalue weighted by molar-refractivity contribution is 0.0948. The van der Waals surface area contributed by atoms with E-state index in [0.717, 1.165) is 21.9 Å². The standard InChI is InChI=1S/C17H21BrN2O2/c18-14-6-3-7-15-16(14)13(11-20(15)8-9-21)17(22)19-10-12-4-1-2-5-12/h3,6-7,11-12,21H,1-2,4-5,8-10H2,(H,19,22). The molecule has 1 amide bonds. The first-order valence-corrected chi connectivity index (χ1v) is 8.66. The number of hydrogen-bond donors (Lipinski definition) is 2. The number of hydrogen-bond acceptors (Lipinski definition) is 2. The molecule has 0 atom stereocenters. The third-order valence-electron chi connectivity index (χ3n) is 4.47. The van der Waals surface area contributed by atoms with Crippen LogP contribution in [0.15, 0.2) is 28.9 Å². The summed E-state index contributed by atoms with van der Waals surface area (Å²) in [6.45, 7) is 1.30. The zero-order valence-electron chi connectivity index (χ0n) is 12.5. The highest BCUT2D eigenvalue weighted by Crippen LogP contribution is 2.29. The summed E-state index contributed by atoms with van der Waals surface area (Å²) in [6.07, 6.45) is 6.84. The topological polar surface area (TPSA) is 54.3 Å². The van der Waals surface area contributed by atoms with E-state index in [1.807, 2.05) is 29.0 Å². The molecule has 3 rings (SSSR count). The molecule has 1 saturated carbocycles. The summed E-state index contributed by atoms with van der Waals surface area (Å²) >= 11 is 3.54. The minimum Gasteiger partial charge on any atom is -0.395 e. The van der Waals surface area contributed by atoms with Crippen molar-refractivity contribution in [2.75, 3.05) is 13.2 Å². The fourth-order valence-corrected chi connectivity index (χ4v) is 3.89. The number of carbonyl (C=O) groups is 1. The molecule has 1 aromatic heterocycles. The van der Waals surface area contributed by atoms with Gasteiger partial charge in [0.2, 0.25) is 0 Å². The second-order valence-corrected chi connectivity index (χ2v) is 6.81. The van der Waals surface area contributed by atoms with Crippen LogP contribution >= 0.6 is 15.9 Å². The Morgan fingerprint density at radius 2 is 2.14 bits per heavy atom. The third kappa shape index (κ3) is 3.06. The maximum absolute atomic E-state index is 12.6. The lowest BCUT2D eigenvalue weighted by Gasteiger charge is -2.10. The summed E-state index contributed by atoms with van der Waals surface area (Å²) in [4.78, 5) is 12.6. The highest BCUT2D eigenvalue weighted by atomic mass is 79.9. The smallest absolute Gasteiger partial charge is 0.253 e. The quantitative estimate of drug-likeness (QED) is 0.854. The third-order valence-corrected chi connectivity index (χ3v) is 5.13. The van der Waals surface area contributed by atoms with Crippen LogP contribution in [0.25, 0.3) is 10.9 Å². The number of nitrogens with zero attached hydrogens (tertiary/aromatic N) is 1. The summed E-state index contributed by atoms with van der Waals surface area (Å²) in [5, 5.41) is 13.2. The molecule has 0 aliphatic heterocycles. The Morgan fingerprint density at radius 1 is 1.36 bits per heavy atom. The predicted molar refractivity (Wildman–Crippen MR) is 91.0 cm³/mol. The molecule has 0 unspecified atom stereocenters. The zero-order chi connectivity index (χ0) is 15.5. The van der Waals surface area contributed by atoms with E-state index in [4.69, 9.17) is 0 Å². The van der Waals surface area contributed by atoms with Gasteiger partial charge < -0.3 is 15.0 Å². The molecule has 1 fully saturated rings. The number of benzene rings is 1. The van der Waals surface area contributed by atoms with Gasteiger partial charge in [0.1, 0.15) is 0 Å². The number of carbonyl (C=O) groups excluding carboxylic acids is 1. The predicted octanol–water partition coefficient (Wildman–Crippen LogP) is 3.32. The van der Waals surface area contributed by atoms with Gasteiger partial charge in [-0.2, -0.15) is 0 Å². The zero-order valence-corrected chi connectivity index (χ0v) is 14.1. The summed E-state index contributed by atoms with van der Waals surface area (Å²) in [7, 11) is 0. The maximum atomic E-state index is 12.6. The molecule has 1 aliphatic carbocycles. The molecule has 0 spiro atoms. The summed E-state index contributed by atoms with van der Waals surface area (Å²) < 4.78 is 2.85. The Morgan fingerprint density at radius 3 is 2.86 bits per heavy atom. The van der Waals surface area contributed by atoms with E-state index in [2.05, 4.69) is 21.2 Å².